The van der Waals surface area contributed by atoms with E-state index in [0.29, 0.717) is 5.69 Å². The van der Waals surface area contributed by atoms with Gasteiger partial charge in [-0.25, -0.2) is 8.42 Å². The maximum atomic E-state index is 12.2. The average Bonchev–Trinajstić information content (AvgIpc) is 2.37. The number of halogens is 1. The van der Waals surface area contributed by atoms with Gasteiger partial charge in [0.05, 0.1) is 21.2 Å². The molecule has 0 bridgehead atoms. The van der Waals surface area contributed by atoms with E-state index in [2.05, 4.69) is 10.3 Å². The summed E-state index contributed by atoms with van der Waals surface area (Å²) in [5.41, 5.74) is 1.08. The summed E-state index contributed by atoms with van der Waals surface area (Å²) in [7, 11) is -3.44. The summed E-state index contributed by atoms with van der Waals surface area (Å²) in [5, 5.41) is 2.81. The summed E-state index contributed by atoms with van der Waals surface area (Å²) in [5.74, 6) is -0.511. The number of carbonyl (C=O) groups is 1. The molecule has 0 atom stereocenters. The van der Waals surface area contributed by atoms with Gasteiger partial charge in [0.2, 0.25) is 0 Å². The van der Waals surface area contributed by atoms with Crippen molar-refractivity contribution in [3.05, 3.63) is 52.8 Å². The number of para-hydroxylation sites is 1. The Balaban J connectivity index is 2.37. The second-order valence-corrected chi connectivity index (χ2v) is 6.92. The fourth-order valence-electron chi connectivity index (χ4n) is 1.78. The lowest BCUT2D eigenvalue weighted by atomic mass is 10.2. The molecule has 0 spiro atoms. The van der Waals surface area contributed by atoms with Crippen LogP contribution in [0.4, 0.5) is 5.69 Å². The lowest BCUT2D eigenvalue weighted by Crippen LogP contribution is -2.15. The first-order valence-corrected chi connectivity index (χ1v) is 8.28. The maximum Gasteiger partial charge on any atom is 0.258 e. The van der Waals surface area contributed by atoms with Gasteiger partial charge in [-0.1, -0.05) is 23.7 Å². The van der Waals surface area contributed by atoms with Crippen LogP contribution in [-0.2, 0) is 9.84 Å². The maximum absolute atomic E-state index is 12.2. The van der Waals surface area contributed by atoms with Crippen LogP contribution in [0.5, 0.6) is 0 Å². The van der Waals surface area contributed by atoms with Crippen molar-refractivity contribution >= 4 is 33.0 Å². The van der Waals surface area contributed by atoms with Crippen molar-refractivity contribution in [3.8, 4) is 0 Å². The molecule has 2 rings (SSSR count). The Morgan fingerprint density at radius 2 is 1.95 bits per heavy atom. The number of aromatic nitrogens is 1. The SMILES string of the molecule is Cc1cc(Cl)c(C(=O)Nc2ccccc2S(C)(=O)=O)cn1. The summed E-state index contributed by atoms with van der Waals surface area (Å²) in [6, 6.07) is 7.74. The minimum absolute atomic E-state index is 0.0505. The Bertz CT molecular complexity index is 804. The molecule has 1 heterocycles. The zero-order valence-corrected chi connectivity index (χ0v) is 13.0. The number of pyridine rings is 1. The van der Waals surface area contributed by atoms with Gasteiger partial charge in [-0.2, -0.15) is 0 Å². The molecule has 1 N–H and O–H groups in total. The molecule has 2 aromatic rings. The third kappa shape index (κ3) is 3.59. The summed E-state index contributed by atoms with van der Waals surface area (Å²) in [4.78, 5) is 16.3. The molecule has 0 aliphatic carbocycles. The number of aryl methyl sites for hydroxylation is 1. The number of nitrogens with zero attached hydrogens (tertiary/aromatic N) is 1. The molecule has 110 valence electrons. The smallest absolute Gasteiger partial charge is 0.258 e. The molecule has 21 heavy (non-hydrogen) atoms. The van der Waals surface area contributed by atoms with E-state index >= 15 is 0 Å². The van der Waals surface area contributed by atoms with Crippen LogP contribution in [0.15, 0.2) is 41.4 Å². The number of sulfone groups is 1. The highest BCUT2D eigenvalue weighted by molar-refractivity contribution is 7.90. The van der Waals surface area contributed by atoms with Crippen LogP contribution in [0.3, 0.4) is 0 Å². The molecule has 0 aliphatic rings. The largest absolute Gasteiger partial charge is 0.321 e. The van der Waals surface area contributed by atoms with Crippen molar-refractivity contribution in [2.75, 3.05) is 11.6 Å². The lowest BCUT2D eigenvalue weighted by Gasteiger charge is -2.10. The monoisotopic (exact) mass is 324 g/mol. The zero-order valence-electron chi connectivity index (χ0n) is 11.4. The minimum atomic E-state index is -3.44. The van der Waals surface area contributed by atoms with Gasteiger partial charge in [-0.05, 0) is 25.1 Å². The van der Waals surface area contributed by atoms with Gasteiger partial charge in [0, 0.05) is 18.1 Å². The van der Waals surface area contributed by atoms with Gasteiger partial charge in [0.1, 0.15) is 0 Å². The number of hydrogen-bond donors (Lipinski definition) is 1. The zero-order chi connectivity index (χ0) is 15.6. The quantitative estimate of drug-likeness (QED) is 0.941. The van der Waals surface area contributed by atoms with Crippen LogP contribution >= 0.6 is 11.6 Å². The number of benzene rings is 1. The lowest BCUT2D eigenvalue weighted by molar-refractivity contribution is 0.102. The topological polar surface area (TPSA) is 76.1 Å². The van der Waals surface area contributed by atoms with Crippen molar-refractivity contribution in [1.82, 2.24) is 4.98 Å². The Labute approximate surface area is 127 Å². The van der Waals surface area contributed by atoms with E-state index < -0.39 is 15.7 Å². The second-order valence-electron chi connectivity index (χ2n) is 4.53. The fraction of sp³-hybridized carbons (Fsp3) is 0.143. The summed E-state index contributed by atoms with van der Waals surface area (Å²) in [6.07, 6.45) is 2.44. The first-order chi connectivity index (χ1) is 9.79. The van der Waals surface area contributed by atoms with Gasteiger partial charge >= 0.3 is 0 Å². The van der Waals surface area contributed by atoms with E-state index in [1.807, 2.05) is 0 Å². The first-order valence-electron chi connectivity index (χ1n) is 6.01. The van der Waals surface area contributed by atoms with E-state index in [1.165, 1.54) is 18.3 Å². The van der Waals surface area contributed by atoms with Crippen LogP contribution in [0, 0.1) is 6.92 Å². The van der Waals surface area contributed by atoms with E-state index in [0.717, 1.165) is 6.26 Å². The molecule has 0 unspecified atom stereocenters. The number of nitrogens with one attached hydrogen (secondary N) is 1. The molecule has 1 aromatic heterocycles. The molecular weight excluding hydrogens is 312 g/mol. The summed E-state index contributed by atoms with van der Waals surface area (Å²) >= 11 is 6.00. The van der Waals surface area contributed by atoms with Crippen LogP contribution in [0.1, 0.15) is 16.1 Å². The Kier molecular flexibility index (Phi) is 4.29. The molecule has 1 aromatic carbocycles. The third-order valence-corrected chi connectivity index (χ3v) is 4.24. The standard InChI is InChI=1S/C14H13ClN2O3S/c1-9-7-11(15)10(8-16-9)14(18)17-12-5-3-4-6-13(12)21(2,19)20/h3-8H,1-2H3,(H,17,18). The molecule has 5 nitrogen and oxygen atoms in total. The number of amides is 1. The minimum Gasteiger partial charge on any atom is -0.321 e. The normalized spacial score (nSPS) is 11.2. The molecule has 1 amide bonds. The Hall–Kier alpha value is -1.92. The van der Waals surface area contributed by atoms with Gasteiger partial charge < -0.3 is 5.32 Å². The molecule has 0 saturated heterocycles. The molecule has 7 heteroatoms. The van der Waals surface area contributed by atoms with Crippen molar-refractivity contribution < 1.29 is 13.2 Å². The highest BCUT2D eigenvalue weighted by Crippen LogP contribution is 2.23. The highest BCUT2D eigenvalue weighted by Gasteiger charge is 2.17. The van der Waals surface area contributed by atoms with E-state index in [-0.39, 0.29) is 21.2 Å². The van der Waals surface area contributed by atoms with Crippen LogP contribution in [0.25, 0.3) is 0 Å². The van der Waals surface area contributed by atoms with Crippen molar-refractivity contribution in [2.24, 2.45) is 0 Å². The first kappa shape index (κ1) is 15.5. The number of hydrogen-bond acceptors (Lipinski definition) is 4. The Morgan fingerprint density at radius 1 is 1.29 bits per heavy atom. The highest BCUT2D eigenvalue weighted by atomic mass is 35.5. The third-order valence-electron chi connectivity index (χ3n) is 2.77. The average molecular weight is 325 g/mol. The van der Waals surface area contributed by atoms with Crippen molar-refractivity contribution in [3.63, 3.8) is 0 Å². The van der Waals surface area contributed by atoms with E-state index in [4.69, 9.17) is 11.6 Å². The van der Waals surface area contributed by atoms with Crippen LogP contribution < -0.4 is 5.32 Å². The molecule has 0 radical (unpaired) electrons. The van der Waals surface area contributed by atoms with Crippen molar-refractivity contribution in [2.45, 2.75) is 11.8 Å². The fourth-order valence-corrected chi connectivity index (χ4v) is 2.91. The predicted octanol–water partition coefficient (Wildman–Crippen LogP) is 2.70. The summed E-state index contributed by atoms with van der Waals surface area (Å²) < 4.78 is 23.4. The van der Waals surface area contributed by atoms with Crippen LogP contribution in [0.2, 0.25) is 5.02 Å². The number of anilines is 1. The molecule has 0 saturated carbocycles. The number of rotatable bonds is 3. The van der Waals surface area contributed by atoms with Crippen LogP contribution in [-0.4, -0.2) is 25.6 Å². The van der Waals surface area contributed by atoms with Gasteiger partial charge in [0.15, 0.2) is 9.84 Å². The van der Waals surface area contributed by atoms with E-state index in [9.17, 15) is 13.2 Å². The summed E-state index contributed by atoms with van der Waals surface area (Å²) in [6.45, 7) is 1.76. The molecular formula is C14H13ClN2O3S. The van der Waals surface area contributed by atoms with Crippen molar-refractivity contribution in [1.29, 1.82) is 0 Å². The van der Waals surface area contributed by atoms with Gasteiger partial charge in [-0.3, -0.25) is 9.78 Å². The van der Waals surface area contributed by atoms with Gasteiger partial charge in [0.25, 0.3) is 5.91 Å². The Morgan fingerprint density at radius 3 is 2.57 bits per heavy atom. The molecule has 0 fully saturated rings. The predicted molar refractivity (Wildman–Crippen MR) is 81.5 cm³/mol. The molecule has 0 aliphatic heterocycles. The van der Waals surface area contributed by atoms with E-state index in [1.54, 1.807) is 25.1 Å². The number of carbonyl (C=O) groups excluding carboxylic acids is 1. The second kappa shape index (κ2) is 5.83. The van der Waals surface area contributed by atoms with Gasteiger partial charge in [-0.15, -0.1) is 0 Å².